The van der Waals surface area contributed by atoms with Crippen LogP contribution in [0.15, 0.2) is 47.4 Å². The number of benzene rings is 2. The lowest BCUT2D eigenvalue weighted by Crippen LogP contribution is -2.48. The molecule has 0 spiro atoms. The van der Waals surface area contributed by atoms with Crippen LogP contribution < -0.4 is 9.64 Å². The van der Waals surface area contributed by atoms with Gasteiger partial charge in [-0.3, -0.25) is 4.79 Å². The molecule has 2 aliphatic rings. The fourth-order valence-electron chi connectivity index (χ4n) is 4.31. The predicted octanol–water partition coefficient (Wildman–Crippen LogP) is 3.46. The zero-order chi connectivity index (χ0) is 24.5. The molecule has 2 fully saturated rings. The van der Waals surface area contributed by atoms with Crippen molar-refractivity contribution < 1.29 is 31.1 Å². The molecule has 2 saturated heterocycles. The topological polar surface area (TPSA) is 70.2 Å². The van der Waals surface area contributed by atoms with Crippen LogP contribution in [0.2, 0.25) is 0 Å². The first-order valence-electron chi connectivity index (χ1n) is 11.0. The first-order valence-corrected chi connectivity index (χ1v) is 12.4. The summed E-state index contributed by atoms with van der Waals surface area (Å²) in [5.74, 6) is -0.151. The van der Waals surface area contributed by atoms with Crippen LogP contribution in [0.1, 0.15) is 28.8 Å². The van der Waals surface area contributed by atoms with Gasteiger partial charge in [0.2, 0.25) is 10.0 Å². The van der Waals surface area contributed by atoms with Crippen molar-refractivity contribution in [2.45, 2.75) is 23.9 Å². The summed E-state index contributed by atoms with van der Waals surface area (Å²) in [6, 6.07) is 9.49. The second-order valence-electron chi connectivity index (χ2n) is 8.30. The third kappa shape index (κ3) is 4.85. The Labute approximate surface area is 196 Å². The molecular formula is C23H26F3N3O4S. The van der Waals surface area contributed by atoms with Crippen LogP contribution in [-0.2, 0) is 16.2 Å². The number of halogens is 3. The summed E-state index contributed by atoms with van der Waals surface area (Å²) >= 11 is 0. The van der Waals surface area contributed by atoms with E-state index in [1.165, 1.54) is 35.7 Å². The summed E-state index contributed by atoms with van der Waals surface area (Å²) in [5.41, 5.74) is -0.0371. The van der Waals surface area contributed by atoms with Gasteiger partial charge in [-0.25, -0.2) is 8.42 Å². The monoisotopic (exact) mass is 497 g/mol. The number of sulfonamides is 1. The Morgan fingerprint density at radius 1 is 0.941 bits per heavy atom. The Morgan fingerprint density at radius 3 is 2.24 bits per heavy atom. The number of methoxy groups -OCH3 is 1. The maximum Gasteiger partial charge on any atom is 0.416 e. The predicted molar refractivity (Wildman–Crippen MR) is 121 cm³/mol. The standard InChI is InChI=1S/C23H26F3N3O4S/c1-33-20-8-7-17(15-21(20)34(31,32)29-9-2-3-10-29)22(30)28-13-11-27(12-14-28)19-6-4-5-18(16-19)23(24,25)26/h4-8,15-16H,2-3,9-14H2,1H3. The van der Waals surface area contributed by atoms with E-state index in [4.69, 9.17) is 4.74 Å². The average molecular weight is 498 g/mol. The number of piperazine rings is 1. The van der Waals surface area contributed by atoms with Crippen LogP contribution in [-0.4, -0.2) is 69.9 Å². The van der Waals surface area contributed by atoms with Crippen molar-refractivity contribution in [3.8, 4) is 5.75 Å². The van der Waals surface area contributed by atoms with E-state index < -0.39 is 21.8 Å². The summed E-state index contributed by atoms with van der Waals surface area (Å²) < 4.78 is 71.9. The van der Waals surface area contributed by atoms with Gasteiger partial charge in [0, 0.05) is 50.5 Å². The fraction of sp³-hybridized carbons (Fsp3) is 0.435. The highest BCUT2D eigenvalue weighted by atomic mass is 32.2. The van der Waals surface area contributed by atoms with Gasteiger partial charge in [0.1, 0.15) is 10.6 Å². The molecule has 2 aliphatic heterocycles. The van der Waals surface area contributed by atoms with E-state index in [-0.39, 0.29) is 22.1 Å². The second kappa shape index (κ2) is 9.46. The van der Waals surface area contributed by atoms with E-state index in [0.29, 0.717) is 45.0 Å². The average Bonchev–Trinajstić information content (AvgIpc) is 3.39. The number of hydrogen-bond acceptors (Lipinski definition) is 5. The maximum atomic E-state index is 13.1. The molecule has 184 valence electrons. The molecule has 0 unspecified atom stereocenters. The molecule has 4 rings (SSSR count). The molecule has 0 atom stereocenters. The number of rotatable bonds is 5. The molecule has 0 saturated carbocycles. The van der Waals surface area contributed by atoms with Gasteiger partial charge in [0.15, 0.2) is 0 Å². The lowest BCUT2D eigenvalue weighted by atomic mass is 10.1. The number of hydrogen-bond donors (Lipinski definition) is 0. The van der Waals surface area contributed by atoms with E-state index in [1.54, 1.807) is 15.9 Å². The third-order valence-corrected chi connectivity index (χ3v) is 8.12. The molecular weight excluding hydrogens is 471 g/mol. The molecule has 0 aliphatic carbocycles. The van der Waals surface area contributed by atoms with E-state index in [1.807, 2.05) is 0 Å². The Kier molecular flexibility index (Phi) is 6.77. The van der Waals surface area contributed by atoms with Gasteiger partial charge in [-0.05, 0) is 49.2 Å². The highest BCUT2D eigenvalue weighted by molar-refractivity contribution is 7.89. The van der Waals surface area contributed by atoms with Crippen LogP contribution in [0, 0.1) is 0 Å². The fourth-order valence-corrected chi connectivity index (χ4v) is 6.01. The summed E-state index contributed by atoms with van der Waals surface area (Å²) in [5, 5.41) is 0. The van der Waals surface area contributed by atoms with Crippen LogP contribution in [0.5, 0.6) is 5.75 Å². The van der Waals surface area contributed by atoms with Crippen molar-refractivity contribution in [1.29, 1.82) is 0 Å². The molecule has 34 heavy (non-hydrogen) atoms. The SMILES string of the molecule is COc1ccc(C(=O)N2CCN(c3cccc(C(F)(F)F)c3)CC2)cc1S(=O)(=O)N1CCCC1. The van der Waals surface area contributed by atoms with Crippen molar-refractivity contribution in [3.63, 3.8) is 0 Å². The normalized spacial score (nSPS) is 17.8. The molecule has 2 aromatic carbocycles. The number of nitrogens with zero attached hydrogens (tertiary/aromatic N) is 3. The van der Waals surface area contributed by atoms with Crippen molar-refractivity contribution in [2.24, 2.45) is 0 Å². The molecule has 0 radical (unpaired) electrons. The van der Waals surface area contributed by atoms with E-state index >= 15 is 0 Å². The molecule has 2 heterocycles. The molecule has 2 aromatic rings. The zero-order valence-corrected chi connectivity index (χ0v) is 19.5. The van der Waals surface area contributed by atoms with Gasteiger partial charge in [-0.15, -0.1) is 0 Å². The molecule has 1 amide bonds. The van der Waals surface area contributed by atoms with Gasteiger partial charge in [-0.1, -0.05) is 6.07 Å². The Balaban J connectivity index is 1.49. The minimum atomic E-state index is -4.42. The molecule has 0 aromatic heterocycles. The van der Waals surface area contributed by atoms with Crippen molar-refractivity contribution >= 4 is 21.6 Å². The lowest BCUT2D eigenvalue weighted by molar-refractivity contribution is -0.137. The Bertz CT molecular complexity index is 1160. The first kappa shape index (κ1) is 24.3. The van der Waals surface area contributed by atoms with Crippen molar-refractivity contribution in [2.75, 3.05) is 51.3 Å². The van der Waals surface area contributed by atoms with E-state index in [9.17, 15) is 26.4 Å². The number of amides is 1. The Morgan fingerprint density at radius 2 is 1.62 bits per heavy atom. The van der Waals surface area contributed by atoms with Gasteiger partial charge < -0.3 is 14.5 Å². The quantitative estimate of drug-likeness (QED) is 0.633. The maximum absolute atomic E-state index is 13.1. The summed E-state index contributed by atoms with van der Waals surface area (Å²) in [6.45, 7) is 2.19. The highest BCUT2D eigenvalue weighted by Crippen LogP contribution is 2.33. The van der Waals surface area contributed by atoms with Gasteiger partial charge in [0.25, 0.3) is 5.91 Å². The summed E-state index contributed by atoms with van der Waals surface area (Å²) in [6.07, 6.45) is -2.85. The van der Waals surface area contributed by atoms with Crippen LogP contribution in [0.4, 0.5) is 18.9 Å². The van der Waals surface area contributed by atoms with E-state index in [0.717, 1.165) is 25.0 Å². The highest BCUT2D eigenvalue weighted by Gasteiger charge is 2.33. The third-order valence-electron chi connectivity index (χ3n) is 6.20. The molecule has 7 nitrogen and oxygen atoms in total. The first-order chi connectivity index (χ1) is 16.1. The Hall–Kier alpha value is -2.79. The van der Waals surface area contributed by atoms with Gasteiger partial charge in [0.05, 0.1) is 12.7 Å². The van der Waals surface area contributed by atoms with Crippen molar-refractivity contribution in [3.05, 3.63) is 53.6 Å². The zero-order valence-electron chi connectivity index (χ0n) is 18.7. The lowest BCUT2D eigenvalue weighted by Gasteiger charge is -2.36. The number of ether oxygens (including phenoxy) is 1. The largest absolute Gasteiger partial charge is 0.495 e. The van der Waals surface area contributed by atoms with Gasteiger partial charge in [-0.2, -0.15) is 17.5 Å². The summed E-state index contributed by atoms with van der Waals surface area (Å²) in [4.78, 5) is 16.5. The molecule has 11 heteroatoms. The van der Waals surface area contributed by atoms with E-state index in [2.05, 4.69) is 0 Å². The number of carbonyl (C=O) groups excluding carboxylic acids is 1. The van der Waals surface area contributed by atoms with Gasteiger partial charge >= 0.3 is 6.18 Å². The number of anilines is 1. The van der Waals surface area contributed by atoms with Crippen LogP contribution >= 0.6 is 0 Å². The summed E-state index contributed by atoms with van der Waals surface area (Å²) in [7, 11) is -2.41. The van der Waals surface area contributed by atoms with Crippen LogP contribution in [0.25, 0.3) is 0 Å². The minimum Gasteiger partial charge on any atom is -0.495 e. The molecule has 0 N–H and O–H groups in total. The van der Waals surface area contributed by atoms with Crippen molar-refractivity contribution in [1.82, 2.24) is 9.21 Å². The second-order valence-corrected chi connectivity index (χ2v) is 10.2. The molecule has 0 bridgehead atoms. The number of alkyl halides is 3. The smallest absolute Gasteiger partial charge is 0.416 e. The number of carbonyl (C=O) groups is 1. The van der Waals surface area contributed by atoms with Crippen LogP contribution in [0.3, 0.4) is 0 Å². The minimum absolute atomic E-state index is 0.0367.